The zero-order chi connectivity index (χ0) is 13.9. The van der Waals surface area contributed by atoms with Gasteiger partial charge in [-0.3, -0.25) is 14.7 Å². The van der Waals surface area contributed by atoms with Gasteiger partial charge in [-0.2, -0.15) is 0 Å². The van der Waals surface area contributed by atoms with Crippen molar-refractivity contribution in [3.8, 4) is 0 Å². The van der Waals surface area contributed by atoms with Gasteiger partial charge in [0.05, 0.1) is 12.2 Å². The van der Waals surface area contributed by atoms with Crippen molar-refractivity contribution in [3.05, 3.63) is 18.1 Å². The maximum Gasteiger partial charge on any atom is 0.239 e. The quantitative estimate of drug-likeness (QED) is 0.903. The summed E-state index contributed by atoms with van der Waals surface area (Å²) in [7, 11) is 0. The molecule has 0 radical (unpaired) electrons. The Bertz CT molecular complexity index is 449. The molecule has 1 amide bonds. The van der Waals surface area contributed by atoms with Crippen LogP contribution in [0.5, 0.6) is 0 Å². The molecule has 0 saturated carbocycles. The maximum atomic E-state index is 12.0. The summed E-state index contributed by atoms with van der Waals surface area (Å²) in [4.78, 5) is 22.4. The number of carbonyl (C=O) groups excluding carboxylic acids is 1. The molecule has 19 heavy (non-hydrogen) atoms. The molecule has 5 heteroatoms. The van der Waals surface area contributed by atoms with Crippen LogP contribution < -0.4 is 5.32 Å². The molecule has 2 heterocycles. The van der Waals surface area contributed by atoms with Crippen molar-refractivity contribution >= 4 is 11.7 Å². The van der Waals surface area contributed by atoms with Crippen molar-refractivity contribution < 1.29 is 4.79 Å². The van der Waals surface area contributed by atoms with Crippen LogP contribution in [0, 0.1) is 12.3 Å². The van der Waals surface area contributed by atoms with Gasteiger partial charge in [0.2, 0.25) is 5.91 Å². The summed E-state index contributed by atoms with van der Waals surface area (Å²) in [5.74, 6) is 0.549. The molecule has 1 fully saturated rings. The minimum atomic E-state index is -0.0108. The van der Waals surface area contributed by atoms with E-state index in [-0.39, 0.29) is 5.91 Å². The third kappa shape index (κ3) is 3.99. The van der Waals surface area contributed by atoms with Crippen LogP contribution >= 0.6 is 0 Å². The van der Waals surface area contributed by atoms with Crippen LogP contribution in [-0.2, 0) is 4.79 Å². The molecule has 1 N–H and O–H groups in total. The Labute approximate surface area is 114 Å². The lowest BCUT2D eigenvalue weighted by molar-refractivity contribution is -0.117. The number of aromatic nitrogens is 2. The number of likely N-dealkylation sites (tertiary alicyclic amines) is 1. The molecule has 0 atom stereocenters. The van der Waals surface area contributed by atoms with E-state index in [9.17, 15) is 4.79 Å². The summed E-state index contributed by atoms with van der Waals surface area (Å²) >= 11 is 0. The highest BCUT2D eigenvalue weighted by Gasteiger charge is 2.26. The molecule has 0 spiro atoms. The first-order valence-corrected chi connectivity index (χ1v) is 6.76. The van der Waals surface area contributed by atoms with Gasteiger partial charge in [0.1, 0.15) is 0 Å². The highest BCUT2D eigenvalue weighted by Crippen LogP contribution is 2.29. The predicted molar refractivity (Wildman–Crippen MR) is 74.9 cm³/mol. The second-order valence-corrected chi connectivity index (χ2v) is 5.98. The van der Waals surface area contributed by atoms with Crippen molar-refractivity contribution in [3.63, 3.8) is 0 Å². The van der Waals surface area contributed by atoms with Crippen LogP contribution in [0.4, 0.5) is 5.82 Å². The lowest BCUT2D eigenvalue weighted by Gasteiger charge is -2.36. The summed E-state index contributed by atoms with van der Waals surface area (Å²) in [6, 6.07) is 0. The van der Waals surface area contributed by atoms with Gasteiger partial charge in [-0.25, -0.2) is 4.98 Å². The van der Waals surface area contributed by atoms with Gasteiger partial charge in [0.25, 0.3) is 0 Å². The molecule has 0 unspecified atom stereocenters. The van der Waals surface area contributed by atoms with Crippen LogP contribution in [-0.4, -0.2) is 40.4 Å². The Hall–Kier alpha value is -1.49. The van der Waals surface area contributed by atoms with Gasteiger partial charge >= 0.3 is 0 Å². The molecule has 0 aromatic carbocycles. The maximum absolute atomic E-state index is 12.0. The number of nitrogens with zero attached hydrogens (tertiary/aromatic N) is 3. The molecule has 1 saturated heterocycles. The highest BCUT2D eigenvalue weighted by atomic mass is 16.2. The lowest BCUT2D eigenvalue weighted by Crippen LogP contribution is -2.41. The Balaban J connectivity index is 1.84. The van der Waals surface area contributed by atoms with Crippen molar-refractivity contribution in [1.82, 2.24) is 14.9 Å². The molecule has 0 aliphatic carbocycles. The number of hydrogen-bond donors (Lipinski definition) is 1. The van der Waals surface area contributed by atoms with Crippen molar-refractivity contribution in [2.45, 2.75) is 33.6 Å². The topological polar surface area (TPSA) is 58.1 Å². The summed E-state index contributed by atoms with van der Waals surface area (Å²) in [6.45, 7) is 8.82. The Morgan fingerprint density at radius 1 is 1.32 bits per heavy atom. The minimum absolute atomic E-state index is 0.0108. The predicted octanol–water partition coefficient (Wildman–Crippen LogP) is 1.85. The molecule has 1 aliphatic heterocycles. The van der Waals surface area contributed by atoms with Gasteiger partial charge in [-0.15, -0.1) is 0 Å². The lowest BCUT2D eigenvalue weighted by atomic mass is 9.83. The fourth-order valence-corrected chi connectivity index (χ4v) is 2.22. The second-order valence-electron chi connectivity index (χ2n) is 5.98. The molecular formula is C14H22N4O. The first-order valence-electron chi connectivity index (χ1n) is 6.76. The number of anilines is 1. The summed E-state index contributed by atoms with van der Waals surface area (Å²) in [5, 5.41) is 2.82. The van der Waals surface area contributed by atoms with E-state index in [2.05, 4.69) is 34.0 Å². The number of hydrogen-bond acceptors (Lipinski definition) is 4. The zero-order valence-electron chi connectivity index (χ0n) is 11.9. The monoisotopic (exact) mass is 262 g/mol. The minimum Gasteiger partial charge on any atom is -0.308 e. The molecule has 104 valence electrons. The largest absolute Gasteiger partial charge is 0.308 e. The highest BCUT2D eigenvalue weighted by molar-refractivity contribution is 5.91. The third-order valence-electron chi connectivity index (χ3n) is 3.72. The summed E-state index contributed by atoms with van der Waals surface area (Å²) in [5.41, 5.74) is 1.16. The van der Waals surface area contributed by atoms with E-state index in [0.29, 0.717) is 17.8 Å². The summed E-state index contributed by atoms with van der Waals surface area (Å²) < 4.78 is 0. The van der Waals surface area contributed by atoms with E-state index in [1.807, 2.05) is 6.92 Å². The molecule has 2 rings (SSSR count). The van der Waals surface area contributed by atoms with Crippen molar-refractivity contribution in [2.75, 3.05) is 25.0 Å². The number of piperidine rings is 1. The average Bonchev–Trinajstić information content (AvgIpc) is 2.35. The SMILES string of the molecule is Cc1nccnc1NC(=O)CN1CCC(C)(C)CC1. The van der Waals surface area contributed by atoms with E-state index in [0.717, 1.165) is 31.6 Å². The van der Waals surface area contributed by atoms with E-state index in [1.54, 1.807) is 12.4 Å². The Morgan fingerprint density at radius 2 is 1.95 bits per heavy atom. The molecule has 5 nitrogen and oxygen atoms in total. The van der Waals surface area contributed by atoms with Gasteiger partial charge in [-0.1, -0.05) is 13.8 Å². The van der Waals surface area contributed by atoms with E-state index in [1.165, 1.54) is 0 Å². The number of amides is 1. The number of rotatable bonds is 3. The van der Waals surface area contributed by atoms with Gasteiger partial charge in [-0.05, 0) is 38.3 Å². The van der Waals surface area contributed by atoms with Crippen LogP contribution in [0.15, 0.2) is 12.4 Å². The van der Waals surface area contributed by atoms with E-state index in [4.69, 9.17) is 0 Å². The van der Waals surface area contributed by atoms with Crippen LogP contribution in [0.25, 0.3) is 0 Å². The van der Waals surface area contributed by atoms with Gasteiger partial charge in [0, 0.05) is 12.4 Å². The number of nitrogens with one attached hydrogen (secondary N) is 1. The standard InChI is InChI=1S/C14H22N4O/c1-11-13(16-7-6-15-11)17-12(19)10-18-8-4-14(2,3)5-9-18/h6-7H,4-5,8-10H2,1-3H3,(H,16,17,19). The second kappa shape index (κ2) is 5.65. The number of carbonyl (C=O) groups is 1. The third-order valence-corrected chi connectivity index (χ3v) is 3.72. The van der Waals surface area contributed by atoms with Crippen molar-refractivity contribution in [1.29, 1.82) is 0 Å². The molecule has 1 aromatic rings. The van der Waals surface area contributed by atoms with Gasteiger partial charge in [0.15, 0.2) is 5.82 Å². The normalized spacial score (nSPS) is 19.1. The van der Waals surface area contributed by atoms with Crippen LogP contribution in [0.2, 0.25) is 0 Å². The average molecular weight is 262 g/mol. The molecule has 0 bridgehead atoms. The van der Waals surface area contributed by atoms with Crippen LogP contribution in [0.1, 0.15) is 32.4 Å². The Kier molecular flexibility index (Phi) is 4.14. The first kappa shape index (κ1) is 13.9. The smallest absolute Gasteiger partial charge is 0.239 e. The fraction of sp³-hybridized carbons (Fsp3) is 0.643. The summed E-state index contributed by atoms with van der Waals surface area (Å²) in [6.07, 6.45) is 5.50. The van der Waals surface area contributed by atoms with Gasteiger partial charge < -0.3 is 5.32 Å². The Morgan fingerprint density at radius 3 is 2.58 bits per heavy atom. The van der Waals surface area contributed by atoms with Crippen LogP contribution in [0.3, 0.4) is 0 Å². The molecule has 1 aliphatic rings. The molecular weight excluding hydrogens is 240 g/mol. The van der Waals surface area contributed by atoms with E-state index < -0.39 is 0 Å². The number of aryl methyl sites for hydroxylation is 1. The first-order chi connectivity index (χ1) is 8.96. The zero-order valence-corrected chi connectivity index (χ0v) is 11.9. The van der Waals surface area contributed by atoms with Crippen molar-refractivity contribution in [2.24, 2.45) is 5.41 Å². The fourth-order valence-electron chi connectivity index (χ4n) is 2.22. The molecule has 1 aromatic heterocycles. The van der Waals surface area contributed by atoms with E-state index >= 15 is 0 Å².